The number of benzene rings is 1. The Labute approximate surface area is 104 Å². The van der Waals surface area contributed by atoms with E-state index in [4.69, 9.17) is 11.6 Å². The van der Waals surface area contributed by atoms with Crippen molar-refractivity contribution >= 4 is 17.5 Å². The molecule has 4 nitrogen and oxygen atoms in total. The first-order chi connectivity index (χ1) is 8.18. The normalized spacial score (nSPS) is 10.2. The predicted molar refractivity (Wildman–Crippen MR) is 65.8 cm³/mol. The summed E-state index contributed by atoms with van der Waals surface area (Å²) in [6.45, 7) is 0.431. The van der Waals surface area contributed by atoms with Gasteiger partial charge in [0.25, 0.3) is 5.91 Å². The van der Waals surface area contributed by atoms with E-state index in [9.17, 15) is 4.79 Å². The second-order valence-corrected chi connectivity index (χ2v) is 4.02. The summed E-state index contributed by atoms with van der Waals surface area (Å²) >= 11 is 5.93. The van der Waals surface area contributed by atoms with Crippen molar-refractivity contribution in [3.63, 3.8) is 0 Å². The molecule has 0 aliphatic carbocycles. The number of carbonyl (C=O) groups is 1. The lowest BCUT2D eigenvalue weighted by Gasteiger charge is -2.06. The summed E-state index contributed by atoms with van der Waals surface area (Å²) in [6.07, 6.45) is 1.69. The quantitative estimate of drug-likeness (QED) is 0.905. The first-order valence-corrected chi connectivity index (χ1v) is 5.56. The first-order valence-electron chi connectivity index (χ1n) is 5.18. The van der Waals surface area contributed by atoms with Crippen molar-refractivity contribution < 1.29 is 4.79 Å². The lowest BCUT2D eigenvalue weighted by atomic mass is 10.2. The molecular weight excluding hydrogens is 238 g/mol. The van der Waals surface area contributed by atoms with Gasteiger partial charge in [0, 0.05) is 13.2 Å². The molecule has 2 aromatic rings. The van der Waals surface area contributed by atoms with Gasteiger partial charge in [-0.25, -0.2) is 0 Å². The monoisotopic (exact) mass is 249 g/mol. The molecule has 1 amide bonds. The first kappa shape index (κ1) is 11.7. The molecule has 1 aromatic heterocycles. The van der Waals surface area contributed by atoms with Gasteiger partial charge in [0.15, 0.2) is 0 Å². The number of halogens is 1. The zero-order valence-electron chi connectivity index (χ0n) is 9.35. The zero-order valence-corrected chi connectivity index (χ0v) is 10.1. The van der Waals surface area contributed by atoms with E-state index >= 15 is 0 Å². The van der Waals surface area contributed by atoms with E-state index in [2.05, 4.69) is 10.4 Å². The lowest BCUT2D eigenvalue weighted by Crippen LogP contribution is -2.24. The second kappa shape index (κ2) is 5.01. The fraction of sp³-hybridized carbons (Fsp3) is 0.167. The van der Waals surface area contributed by atoms with Gasteiger partial charge in [-0.2, -0.15) is 5.10 Å². The maximum Gasteiger partial charge on any atom is 0.253 e. The van der Waals surface area contributed by atoms with Crippen molar-refractivity contribution in [2.24, 2.45) is 7.05 Å². The van der Waals surface area contributed by atoms with Crippen molar-refractivity contribution in [1.29, 1.82) is 0 Å². The van der Waals surface area contributed by atoms with Gasteiger partial charge in [-0.05, 0) is 18.2 Å². The van der Waals surface area contributed by atoms with Crippen LogP contribution < -0.4 is 5.32 Å². The summed E-state index contributed by atoms with van der Waals surface area (Å²) in [5.41, 5.74) is 1.42. The molecule has 0 saturated heterocycles. The van der Waals surface area contributed by atoms with E-state index in [1.54, 1.807) is 35.1 Å². The summed E-state index contributed by atoms with van der Waals surface area (Å²) in [4.78, 5) is 11.8. The third kappa shape index (κ3) is 2.65. The highest BCUT2D eigenvalue weighted by atomic mass is 35.5. The predicted octanol–water partition coefficient (Wildman–Crippen LogP) is 2.00. The van der Waals surface area contributed by atoms with Crippen LogP contribution in [0.3, 0.4) is 0 Å². The number of hydrogen-bond donors (Lipinski definition) is 1. The summed E-state index contributed by atoms with van der Waals surface area (Å²) < 4.78 is 1.72. The van der Waals surface area contributed by atoms with E-state index in [1.165, 1.54) is 0 Å². The van der Waals surface area contributed by atoms with Crippen molar-refractivity contribution in [3.05, 3.63) is 52.8 Å². The largest absolute Gasteiger partial charge is 0.346 e. The van der Waals surface area contributed by atoms with E-state index < -0.39 is 0 Å². The summed E-state index contributed by atoms with van der Waals surface area (Å²) in [5, 5.41) is 7.28. The highest BCUT2D eigenvalue weighted by Gasteiger charge is 2.09. The Morgan fingerprint density at radius 3 is 2.82 bits per heavy atom. The molecular formula is C12H12ClN3O. The Bertz CT molecular complexity index is 536. The average Bonchev–Trinajstić information content (AvgIpc) is 2.72. The van der Waals surface area contributed by atoms with Crippen LogP contribution in [0.5, 0.6) is 0 Å². The highest BCUT2D eigenvalue weighted by molar-refractivity contribution is 6.33. The van der Waals surface area contributed by atoms with Crippen molar-refractivity contribution in [2.75, 3.05) is 0 Å². The second-order valence-electron chi connectivity index (χ2n) is 3.61. The Kier molecular flexibility index (Phi) is 3.44. The minimum absolute atomic E-state index is 0.184. The minimum atomic E-state index is -0.184. The molecule has 88 valence electrons. The fourth-order valence-corrected chi connectivity index (χ4v) is 1.71. The molecule has 1 N–H and O–H groups in total. The molecule has 0 atom stereocenters. The van der Waals surface area contributed by atoms with Crippen LogP contribution in [0.2, 0.25) is 5.02 Å². The van der Waals surface area contributed by atoms with Crippen LogP contribution in [0.4, 0.5) is 0 Å². The molecule has 1 aromatic carbocycles. The lowest BCUT2D eigenvalue weighted by molar-refractivity contribution is 0.0950. The number of aryl methyl sites for hydroxylation is 1. The van der Waals surface area contributed by atoms with Crippen molar-refractivity contribution in [2.45, 2.75) is 6.54 Å². The van der Waals surface area contributed by atoms with Crippen LogP contribution in [0, 0.1) is 0 Å². The summed E-state index contributed by atoms with van der Waals surface area (Å²) in [7, 11) is 1.83. The van der Waals surface area contributed by atoms with Gasteiger partial charge >= 0.3 is 0 Å². The molecule has 0 aliphatic heterocycles. The molecule has 0 aliphatic rings. The topological polar surface area (TPSA) is 46.9 Å². The van der Waals surface area contributed by atoms with Crippen LogP contribution in [0.15, 0.2) is 36.5 Å². The van der Waals surface area contributed by atoms with Crippen molar-refractivity contribution in [1.82, 2.24) is 15.1 Å². The number of aromatic nitrogens is 2. The minimum Gasteiger partial charge on any atom is -0.346 e. The average molecular weight is 250 g/mol. The molecule has 17 heavy (non-hydrogen) atoms. The van der Waals surface area contributed by atoms with Crippen LogP contribution >= 0.6 is 11.6 Å². The summed E-state index contributed by atoms with van der Waals surface area (Å²) in [5.74, 6) is -0.184. The van der Waals surface area contributed by atoms with Gasteiger partial charge in [-0.3, -0.25) is 9.48 Å². The van der Waals surface area contributed by atoms with Gasteiger partial charge in [-0.15, -0.1) is 0 Å². The van der Waals surface area contributed by atoms with Gasteiger partial charge in [0.1, 0.15) is 0 Å². The standard InChI is InChI=1S/C12H12ClN3O/c1-16-9(6-7-15-16)8-14-12(17)10-4-2-3-5-11(10)13/h2-7H,8H2,1H3,(H,14,17). The Balaban J connectivity index is 2.04. The number of carbonyl (C=O) groups excluding carboxylic acids is 1. The maximum atomic E-state index is 11.8. The highest BCUT2D eigenvalue weighted by Crippen LogP contribution is 2.14. The fourth-order valence-electron chi connectivity index (χ4n) is 1.49. The van der Waals surface area contributed by atoms with E-state index in [-0.39, 0.29) is 5.91 Å². The van der Waals surface area contributed by atoms with Crippen LogP contribution in [0.1, 0.15) is 16.1 Å². The Hall–Kier alpha value is -1.81. The number of amides is 1. The number of nitrogens with zero attached hydrogens (tertiary/aromatic N) is 2. The molecule has 0 spiro atoms. The summed E-state index contributed by atoms with van der Waals surface area (Å²) in [6, 6.07) is 8.82. The Morgan fingerprint density at radius 2 is 2.18 bits per heavy atom. The third-order valence-electron chi connectivity index (χ3n) is 2.47. The SMILES string of the molecule is Cn1nccc1CNC(=O)c1ccccc1Cl. The molecule has 1 heterocycles. The molecule has 0 unspecified atom stereocenters. The van der Waals surface area contributed by atoms with E-state index in [0.717, 1.165) is 5.69 Å². The van der Waals surface area contributed by atoms with Gasteiger partial charge < -0.3 is 5.32 Å². The molecule has 0 fully saturated rings. The van der Waals surface area contributed by atoms with Crippen LogP contribution in [-0.4, -0.2) is 15.7 Å². The van der Waals surface area contributed by atoms with Crippen molar-refractivity contribution in [3.8, 4) is 0 Å². The molecule has 0 saturated carbocycles. The third-order valence-corrected chi connectivity index (χ3v) is 2.80. The molecule has 5 heteroatoms. The van der Waals surface area contributed by atoms with Crippen LogP contribution in [0.25, 0.3) is 0 Å². The van der Waals surface area contributed by atoms with E-state index in [0.29, 0.717) is 17.1 Å². The number of nitrogens with one attached hydrogen (secondary N) is 1. The number of hydrogen-bond acceptors (Lipinski definition) is 2. The number of rotatable bonds is 3. The molecule has 0 radical (unpaired) electrons. The van der Waals surface area contributed by atoms with E-state index in [1.807, 2.05) is 13.1 Å². The molecule has 0 bridgehead atoms. The van der Waals surface area contributed by atoms with Gasteiger partial charge in [0.05, 0.1) is 22.8 Å². The Morgan fingerprint density at radius 1 is 1.41 bits per heavy atom. The van der Waals surface area contributed by atoms with Crippen LogP contribution in [-0.2, 0) is 13.6 Å². The smallest absolute Gasteiger partial charge is 0.253 e. The van der Waals surface area contributed by atoms with Gasteiger partial charge in [0.2, 0.25) is 0 Å². The molecule has 2 rings (SSSR count). The van der Waals surface area contributed by atoms with Gasteiger partial charge in [-0.1, -0.05) is 23.7 Å². The zero-order chi connectivity index (χ0) is 12.3. The maximum absolute atomic E-state index is 11.8.